The normalized spacial score (nSPS) is 16.1. The van der Waals surface area contributed by atoms with Crippen LogP contribution in [0.4, 0.5) is 0 Å². The van der Waals surface area contributed by atoms with E-state index in [9.17, 15) is 4.21 Å². The summed E-state index contributed by atoms with van der Waals surface area (Å²) >= 11 is -1.76. The van der Waals surface area contributed by atoms with E-state index in [0.717, 1.165) is 12.0 Å². The molecule has 0 amide bonds. The molecule has 0 aromatic heterocycles. The minimum absolute atomic E-state index is 0.840. The molecule has 48 valence electrons. The lowest BCUT2D eigenvalue weighted by Crippen LogP contribution is -1.79. The molecule has 1 N–H and O–H groups in total. The van der Waals surface area contributed by atoms with E-state index in [4.69, 9.17) is 4.55 Å². The van der Waals surface area contributed by atoms with Crippen LogP contribution in [0.1, 0.15) is 20.3 Å². The fourth-order valence-electron chi connectivity index (χ4n) is 0.255. The molecule has 0 aliphatic carbocycles. The molecule has 1 atom stereocenters. The van der Waals surface area contributed by atoms with Crippen molar-refractivity contribution in [2.75, 3.05) is 0 Å². The average molecular weight is 134 g/mol. The molecule has 2 nitrogen and oxygen atoms in total. The summed E-state index contributed by atoms with van der Waals surface area (Å²) < 4.78 is 18.3. The zero-order valence-electron chi connectivity index (χ0n) is 5.05. The molecular weight excluding hydrogens is 124 g/mol. The van der Waals surface area contributed by atoms with Gasteiger partial charge in [-0.3, -0.25) is 0 Å². The molecule has 0 saturated carbocycles. The van der Waals surface area contributed by atoms with Crippen LogP contribution in [-0.2, 0) is 11.1 Å². The molecule has 8 heavy (non-hydrogen) atoms. The molecule has 0 heterocycles. The van der Waals surface area contributed by atoms with Gasteiger partial charge in [0, 0.05) is 5.41 Å². The second-order valence-electron chi connectivity index (χ2n) is 1.59. The van der Waals surface area contributed by atoms with Crippen molar-refractivity contribution in [3.63, 3.8) is 0 Å². The van der Waals surface area contributed by atoms with Gasteiger partial charge in [0.1, 0.15) is 0 Å². The zero-order valence-corrected chi connectivity index (χ0v) is 5.86. The summed E-state index contributed by atoms with van der Waals surface area (Å²) in [6.07, 6.45) is 0.840. The Morgan fingerprint density at radius 1 is 1.88 bits per heavy atom. The Kier molecular flexibility index (Phi) is 3.73. The second-order valence-corrected chi connectivity index (χ2v) is 2.38. The fraction of sp³-hybridized carbons (Fsp3) is 0.600. The quantitative estimate of drug-likeness (QED) is 0.581. The van der Waals surface area contributed by atoms with E-state index < -0.39 is 11.1 Å². The number of allylic oxidation sites excluding steroid dienone is 1. The Bertz CT molecular complexity index is 118. The largest absolute Gasteiger partial charge is 0.303 e. The van der Waals surface area contributed by atoms with Gasteiger partial charge in [0.05, 0.1) is 0 Å². The van der Waals surface area contributed by atoms with Gasteiger partial charge in [-0.15, -0.1) is 0 Å². The highest BCUT2D eigenvalue weighted by Crippen LogP contribution is 1.97. The molecular formula is C5H10O2S. The first kappa shape index (κ1) is 7.85. The lowest BCUT2D eigenvalue weighted by atomic mass is 10.3. The van der Waals surface area contributed by atoms with Crippen molar-refractivity contribution >= 4 is 11.1 Å². The molecule has 1 unspecified atom stereocenters. The standard InChI is InChI=1S/C5H10O2S/c1-3-5(2)4-8(6)7/h4H,3H2,1-2H3,(H,6,7). The van der Waals surface area contributed by atoms with Crippen molar-refractivity contribution in [3.8, 4) is 0 Å². The summed E-state index contributed by atoms with van der Waals surface area (Å²) in [7, 11) is 0. The minimum atomic E-state index is -1.76. The maximum Gasteiger partial charge on any atom is 0.178 e. The van der Waals surface area contributed by atoms with E-state index in [2.05, 4.69) is 0 Å². The number of rotatable bonds is 2. The third-order valence-corrected chi connectivity index (χ3v) is 1.46. The van der Waals surface area contributed by atoms with E-state index >= 15 is 0 Å². The molecule has 0 spiro atoms. The van der Waals surface area contributed by atoms with E-state index in [-0.39, 0.29) is 0 Å². The summed E-state index contributed by atoms with van der Waals surface area (Å²) in [4.78, 5) is 0. The SMILES string of the molecule is CCC(C)=CS(=O)O. The summed E-state index contributed by atoms with van der Waals surface area (Å²) in [6.45, 7) is 3.77. The third-order valence-electron chi connectivity index (χ3n) is 0.860. The molecule has 0 fully saturated rings. The molecule has 0 rings (SSSR count). The first-order chi connectivity index (χ1) is 3.66. The first-order valence-electron chi connectivity index (χ1n) is 2.43. The van der Waals surface area contributed by atoms with Gasteiger partial charge in [-0.1, -0.05) is 12.5 Å². The highest BCUT2D eigenvalue weighted by Gasteiger charge is 1.85. The molecule has 0 radical (unpaired) electrons. The summed E-state index contributed by atoms with van der Waals surface area (Å²) in [5.74, 6) is 0. The smallest absolute Gasteiger partial charge is 0.178 e. The summed E-state index contributed by atoms with van der Waals surface area (Å²) in [5, 5.41) is 1.33. The van der Waals surface area contributed by atoms with Gasteiger partial charge in [0.25, 0.3) is 0 Å². The van der Waals surface area contributed by atoms with Crippen LogP contribution in [0.15, 0.2) is 11.0 Å². The zero-order chi connectivity index (χ0) is 6.57. The highest BCUT2D eigenvalue weighted by atomic mass is 32.2. The lowest BCUT2D eigenvalue weighted by molar-refractivity contribution is 0.573. The maximum atomic E-state index is 10.0. The highest BCUT2D eigenvalue weighted by molar-refractivity contribution is 7.82. The van der Waals surface area contributed by atoms with Gasteiger partial charge < -0.3 is 4.55 Å². The molecule has 0 aliphatic rings. The van der Waals surface area contributed by atoms with E-state index in [1.165, 1.54) is 5.41 Å². The Morgan fingerprint density at radius 2 is 2.38 bits per heavy atom. The molecule has 0 aromatic carbocycles. The van der Waals surface area contributed by atoms with Crippen molar-refractivity contribution in [1.29, 1.82) is 0 Å². The van der Waals surface area contributed by atoms with E-state index in [0.29, 0.717) is 0 Å². The Hall–Kier alpha value is -0.150. The van der Waals surface area contributed by atoms with E-state index in [1.54, 1.807) is 0 Å². The molecule has 0 saturated heterocycles. The molecule has 0 aromatic rings. The van der Waals surface area contributed by atoms with Gasteiger partial charge in [-0.05, 0) is 13.3 Å². The number of hydrogen-bond acceptors (Lipinski definition) is 1. The van der Waals surface area contributed by atoms with Crippen LogP contribution in [0.3, 0.4) is 0 Å². The van der Waals surface area contributed by atoms with Crippen LogP contribution in [0.2, 0.25) is 0 Å². The van der Waals surface area contributed by atoms with Gasteiger partial charge in [0.2, 0.25) is 0 Å². The minimum Gasteiger partial charge on any atom is -0.303 e. The van der Waals surface area contributed by atoms with Crippen LogP contribution in [0.25, 0.3) is 0 Å². The summed E-state index contributed by atoms with van der Waals surface area (Å²) in [6, 6.07) is 0. The van der Waals surface area contributed by atoms with E-state index in [1.807, 2.05) is 13.8 Å². The van der Waals surface area contributed by atoms with Gasteiger partial charge >= 0.3 is 0 Å². The Morgan fingerprint density at radius 3 is 2.50 bits per heavy atom. The molecule has 3 heteroatoms. The Labute approximate surface area is 51.9 Å². The third kappa shape index (κ3) is 4.02. The van der Waals surface area contributed by atoms with Crippen LogP contribution in [0, 0.1) is 0 Å². The van der Waals surface area contributed by atoms with Gasteiger partial charge in [-0.2, -0.15) is 0 Å². The maximum absolute atomic E-state index is 10.0. The average Bonchev–Trinajstić information content (AvgIpc) is 1.65. The van der Waals surface area contributed by atoms with Gasteiger partial charge in [0.15, 0.2) is 11.1 Å². The van der Waals surface area contributed by atoms with Crippen molar-refractivity contribution in [3.05, 3.63) is 11.0 Å². The first-order valence-corrected chi connectivity index (χ1v) is 3.60. The lowest BCUT2D eigenvalue weighted by Gasteiger charge is -1.88. The van der Waals surface area contributed by atoms with Crippen LogP contribution >= 0.6 is 0 Å². The van der Waals surface area contributed by atoms with Crippen LogP contribution < -0.4 is 0 Å². The predicted molar refractivity (Wildman–Crippen MR) is 34.8 cm³/mol. The second kappa shape index (κ2) is 3.80. The molecule has 0 aliphatic heterocycles. The van der Waals surface area contributed by atoms with Gasteiger partial charge in [-0.25, -0.2) is 4.21 Å². The number of hydrogen-bond donors (Lipinski definition) is 1. The van der Waals surface area contributed by atoms with Crippen molar-refractivity contribution in [2.45, 2.75) is 20.3 Å². The predicted octanol–water partition coefficient (Wildman–Crippen LogP) is 1.52. The van der Waals surface area contributed by atoms with Crippen LogP contribution in [0.5, 0.6) is 0 Å². The Balaban J connectivity index is 3.75. The topological polar surface area (TPSA) is 37.3 Å². The summed E-state index contributed by atoms with van der Waals surface area (Å²) in [5.41, 5.74) is 0.950. The van der Waals surface area contributed by atoms with Crippen molar-refractivity contribution < 1.29 is 8.76 Å². The van der Waals surface area contributed by atoms with Crippen molar-refractivity contribution in [2.24, 2.45) is 0 Å². The van der Waals surface area contributed by atoms with Crippen LogP contribution in [-0.4, -0.2) is 8.76 Å². The monoisotopic (exact) mass is 134 g/mol. The fourth-order valence-corrected chi connectivity index (χ4v) is 0.766. The van der Waals surface area contributed by atoms with Crippen molar-refractivity contribution in [1.82, 2.24) is 0 Å². The molecule has 0 bridgehead atoms.